The van der Waals surface area contributed by atoms with Crippen molar-refractivity contribution in [2.75, 3.05) is 16.8 Å². The average Bonchev–Trinajstić information content (AvgIpc) is 3.23. The van der Waals surface area contributed by atoms with Gasteiger partial charge in [0.25, 0.3) is 0 Å². The Kier molecular flexibility index (Phi) is 6.03. The summed E-state index contributed by atoms with van der Waals surface area (Å²) in [5.74, 6) is -1.16. The molecule has 10 heteroatoms. The second-order valence-corrected chi connectivity index (χ2v) is 8.30. The van der Waals surface area contributed by atoms with Crippen LogP contribution in [0.15, 0.2) is 65.0 Å². The number of carbonyl (C=O) groups excluding carboxylic acids is 2. The van der Waals surface area contributed by atoms with Gasteiger partial charge in [0, 0.05) is 9.90 Å². The minimum atomic E-state index is -4.71. The van der Waals surface area contributed by atoms with Crippen molar-refractivity contribution >= 4 is 57.5 Å². The molecule has 0 fully saturated rings. The molecule has 1 aliphatic heterocycles. The molecule has 0 saturated heterocycles. The van der Waals surface area contributed by atoms with Crippen LogP contribution in [0.25, 0.3) is 0 Å². The molecule has 0 aliphatic carbocycles. The standard InChI is InChI=1S/C22H15ClF3N3O2S/c23-13-7-8-15(14(10-13)22(24,25)26)28-20(30)12-29-18-5-2-1-4-16(18)27-17(11-21(29)31)19-6-3-9-32-19/h1-10H,11-12H2,(H,28,30). The molecule has 4 rings (SSSR count). The summed E-state index contributed by atoms with van der Waals surface area (Å²) in [5.41, 5.74) is -0.0250. The number of thiophene rings is 1. The summed E-state index contributed by atoms with van der Waals surface area (Å²) in [6, 6.07) is 13.6. The van der Waals surface area contributed by atoms with Gasteiger partial charge in [0.1, 0.15) is 6.54 Å². The van der Waals surface area contributed by atoms with Gasteiger partial charge < -0.3 is 10.2 Å². The van der Waals surface area contributed by atoms with Crippen LogP contribution in [0.2, 0.25) is 5.02 Å². The highest BCUT2D eigenvalue weighted by Gasteiger charge is 2.34. The molecule has 0 radical (unpaired) electrons. The van der Waals surface area contributed by atoms with Gasteiger partial charge in [-0.3, -0.25) is 9.59 Å². The molecule has 164 valence electrons. The average molecular weight is 478 g/mol. The molecular formula is C22H15ClF3N3O2S. The first kappa shape index (κ1) is 22.0. The molecule has 5 nitrogen and oxygen atoms in total. The number of benzene rings is 2. The fourth-order valence-electron chi connectivity index (χ4n) is 3.30. The van der Waals surface area contributed by atoms with E-state index < -0.39 is 29.9 Å². The maximum absolute atomic E-state index is 13.3. The van der Waals surface area contributed by atoms with E-state index in [9.17, 15) is 22.8 Å². The van der Waals surface area contributed by atoms with Crippen molar-refractivity contribution in [1.82, 2.24) is 0 Å². The number of hydrogen-bond acceptors (Lipinski definition) is 4. The number of rotatable bonds is 4. The van der Waals surface area contributed by atoms with Crippen molar-refractivity contribution in [3.8, 4) is 0 Å². The molecule has 1 aromatic heterocycles. The van der Waals surface area contributed by atoms with Gasteiger partial charge in [-0.25, -0.2) is 4.99 Å². The Labute approximate surface area is 190 Å². The molecule has 0 spiro atoms. The largest absolute Gasteiger partial charge is 0.418 e. The highest BCUT2D eigenvalue weighted by molar-refractivity contribution is 7.12. The number of anilines is 2. The molecule has 2 heterocycles. The first-order valence-electron chi connectivity index (χ1n) is 9.40. The van der Waals surface area contributed by atoms with E-state index in [0.717, 1.165) is 17.0 Å². The number of aliphatic imine (C=N–C) groups is 1. The predicted molar refractivity (Wildman–Crippen MR) is 119 cm³/mol. The topological polar surface area (TPSA) is 61.8 Å². The van der Waals surface area contributed by atoms with E-state index in [0.29, 0.717) is 17.1 Å². The molecule has 0 saturated carbocycles. The van der Waals surface area contributed by atoms with Crippen LogP contribution in [0.3, 0.4) is 0 Å². The zero-order valence-corrected chi connectivity index (χ0v) is 17.9. The molecule has 0 atom stereocenters. The number of nitrogens with zero attached hydrogens (tertiary/aromatic N) is 2. The smallest absolute Gasteiger partial charge is 0.324 e. The molecule has 3 aromatic rings. The Morgan fingerprint density at radius 1 is 1.16 bits per heavy atom. The summed E-state index contributed by atoms with van der Waals surface area (Å²) in [6.45, 7) is -0.469. The SMILES string of the molecule is O=C(CN1C(=O)CC(c2cccs2)=Nc2ccccc21)Nc1ccc(Cl)cc1C(F)(F)F. The van der Waals surface area contributed by atoms with Gasteiger partial charge in [0.15, 0.2) is 0 Å². The lowest BCUT2D eigenvalue weighted by Crippen LogP contribution is -2.38. The van der Waals surface area contributed by atoms with Gasteiger partial charge in [-0.15, -0.1) is 11.3 Å². The lowest BCUT2D eigenvalue weighted by molar-refractivity contribution is -0.137. The van der Waals surface area contributed by atoms with E-state index in [1.54, 1.807) is 24.3 Å². The molecule has 0 bridgehead atoms. The predicted octanol–water partition coefficient (Wildman–Crippen LogP) is 5.92. The Bertz CT molecular complexity index is 1210. The van der Waals surface area contributed by atoms with Crippen molar-refractivity contribution in [2.45, 2.75) is 12.6 Å². The quantitative estimate of drug-likeness (QED) is 0.507. The van der Waals surface area contributed by atoms with Crippen molar-refractivity contribution in [3.05, 3.63) is 75.4 Å². The number of fused-ring (bicyclic) bond motifs is 1. The minimum absolute atomic E-state index is 0.0444. The van der Waals surface area contributed by atoms with Gasteiger partial charge in [-0.05, 0) is 41.8 Å². The number of halogens is 4. The number of nitrogens with one attached hydrogen (secondary N) is 1. The highest BCUT2D eigenvalue weighted by Crippen LogP contribution is 2.37. The second-order valence-electron chi connectivity index (χ2n) is 6.92. The van der Waals surface area contributed by atoms with Gasteiger partial charge in [-0.1, -0.05) is 29.8 Å². The van der Waals surface area contributed by atoms with Crippen LogP contribution in [-0.4, -0.2) is 24.1 Å². The molecule has 2 aromatic carbocycles. The maximum Gasteiger partial charge on any atom is 0.418 e. The fourth-order valence-corrected chi connectivity index (χ4v) is 4.18. The van der Waals surface area contributed by atoms with Crippen LogP contribution in [0.1, 0.15) is 16.9 Å². The third-order valence-electron chi connectivity index (χ3n) is 4.72. The summed E-state index contributed by atoms with van der Waals surface area (Å²) in [4.78, 5) is 32.4. The van der Waals surface area contributed by atoms with Crippen molar-refractivity contribution in [1.29, 1.82) is 0 Å². The van der Waals surface area contributed by atoms with E-state index in [1.807, 2.05) is 17.5 Å². The van der Waals surface area contributed by atoms with Crippen molar-refractivity contribution < 1.29 is 22.8 Å². The highest BCUT2D eigenvalue weighted by atomic mass is 35.5. The lowest BCUT2D eigenvalue weighted by atomic mass is 10.1. The molecule has 2 amide bonds. The first-order chi connectivity index (χ1) is 15.2. The van der Waals surface area contributed by atoms with E-state index in [-0.39, 0.29) is 17.4 Å². The number of carbonyl (C=O) groups is 2. The molecule has 1 N–H and O–H groups in total. The summed E-state index contributed by atoms with van der Waals surface area (Å²) >= 11 is 7.13. The normalized spacial score (nSPS) is 13.9. The van der Waals surface area contributed by atoms with Gasteiger partial charge in [-0.2, -0.15) is 13.2 Å². The van der Waals surface area contributed by atoms with Gasteiger partial charge in [0.05, 0.1) is 34.8 Å². The summed E-state index contributed by atoms with van der Waals surface area (Å²) < 4.78 is 40.0. The summed E-state index contributed by atoms with van der Waals surface area (Å²) in [6.07, 6.45) is -4.75. The van der Waals surface area contributed by atoms with Crippen molar-refractivity contribution in [3.63, 3.8) is 0 Å². The third kappa shape index (κ3) is 4.68. The zero-order valence-electron chi connectivity index (χ0n) is 16.3. The zero-order chi connectivity index (χ0) is 22.9. The minimum Gasteiger partial charge on any atom is -0.324 e. The van der Waals surface area contributed by atoms with E-state index in [2.05, 4.69) is 10.3 Å². The van der Waals surface area contributed by atoms with E-state index in [1.165, 1.54) is 22.3 Å². The van der Waals surface area contributed by atoms with Crippen LogP contribution >= 0.6 is 22.9 Å². The Morgan fingerprint density at radius 3 is 2.66 bits per heavy atom. The van der Waals surface area contributed by atoms with Crippen LogP contribution in [0, 0.1) is 0 Å². The Balaban J connectivity index is 1.61. The summed E-state index contributed by atoms with van der Waals surface area (Å²) in [5, 5.41) is 4.02. The molecule has 1 aliphatic rings. The molecule has 32 heavy (non-hydrogen) atoms. The second kappa shape index (κ2) is 8.76. The summed E-state index contributed by atoms with van der Waals surface area (Å²) in [7, 11) is 0. The molecule has 0 unspecified atom stereocenters. The van der Waals surface area contributed by atoms with Gasteiger partial charge in [0.2, 0.25) is 11.8 Å². The number of para-hydroxylation sites is 2. The van der Waals surface area contributed by atoms with Gasteiger partial charge >= 0.3 is 6.18 Å². The Morgan fingerprint density at radius 2 is 1.94 bits per heavy atom. The molecular weight excluding hydrogens is 463 g/mol. The number of alkyl halides is 3. The van der Waals surface area contributed by atoms with Crippen LogP contribution in [-0.2, 0) is 15.8 Å². The monoisotopic (exact) mass is 477 g/mol. The third-order valence-corrected chi connectivity index (χ3v) is 5.87. The maximum atomic E-state index is 13.3. The van der Waals surface area contributed by atoms with Crippen LogP contribution in [0.4, 0.5) is 30.2 Å². The Hall–Kier alpha value is -3.17. The number of amides is 2. The van der Waals surface area contributed by atoms with E-state index in [4.69, 9.17) is 11.6 Å². The van der Waals surface area contributed by atoms with Crippen LogP contribution < -0.4 is 10.2 Å². The fraction of sp³-hybridized carbons (Fsp3) is 0.136. The van der Waals surface area contributed by atoms with Crippen molar-refractivity contribution in [2.24, 2.45) is 4.99 Å². The van der Waals surface area contributed by atoms with Crippen LogP contribution in [0.5, 0.6) is 0 Å². The number of hydrogen-bond donors (Lipinski definition) is 1. The lowest BCUT2D eigenvalue weighted by Gasteiger charge is -2.22. The first-order valence-corrected chi connectivity index (χ1v) is 10.7. The van der Waals surface area contributed by atoms with E-state index >= 15 is 0 Å².